The van der Waals surface area contributed by atoms with Gasteiger partial charge in [0.1, 0.15) is 0 Å². The van der Waals surface area contributed by atoms with Gasteiger partial charge in [0.05, 0.1) is 28.5 Å². The summed E-state index contributed by atoms with van der Waals surface area (Å²) in [7, 11) is 1.79. The fourth-order valence-electron chi connectivity index (χ4n) is 1.64. The number of urea groups is 1. The fourth-order valence-corrected chi connectivity index (χ4v) is 1.87. The van der Waals surface area contributed by atoms with Crippen LogP contribution in [0.25, 0.3) is 0 Å². The van der Waals surface area contributed by atoms with E-state index < -0.39 is 12.0 Å². The van der Waals surface area contributed by atoms with Gasteiger partial charge in [-0.05, 0) is 24.3 Å². The predicted molar refractivity (Wildman–Crippen MR) is 77.5 cm³/mol. The summed E-state index contributed by atoms with van der Waals surface area (Å²) < 4.78 is 1.64. The van der Waals surface area contributed by atoms with Gasteiger partial charge in [0.15, 0.2) is 0 Å². The SMILES string of the molecule is Cn1ccc(CNC(=O)Nc2ccc(C(=O)O)cc2Cl)n1. The molecule has 110 valence electrons. The summed E-state index contributed by atoms with van der Waals surface area (Å²) in [4.78, 5) is 22.5. The molecule has 2 amide bonds. The molecule has 0 unspecified atom stereocenters. The van der Waals surface area contributed by atoms with Crippen LogP contribution >= 0.6 is 11.6 Å². The van der Waals surface area contributed by atoms with Crippen LogP contribution in [0.1, 0.15) is 16.1 Å². The van der Waals surface area contributed by atoms with Crippen LogP contribution < -0.4 is 10.6 Å². The van der Waals surface area contributed by atoms with Crippen molar-refractivity contribution in [2.75, 3.05) is 5.32 Å². The van der Waals surface area contributed by atoms with Crippen molar-refractivity contribution in [2.45, 2.75) is 6.54 Å². The zero-order valence-electron chi connectivity index (χ0n) is 11.1. The molecule has 0 spiro atoms. The number of nitrogens with one attached hydrogen (secondary N) is 2. The Morgan fingerprint density at radius 2 is 2.14 bits per heavy atom. The first-order chi connectivity index (χ1) is 9.95. The lowest BCUT2D eigenvalue weighted by atomic mass is 10.2. The maximum atomic E-state index is 11.7. The molecular formula is C13H13ClN4O3. The van der Waals surface area contributed by atoms with E-state index in [-0.39, 0.29) is 17.1 Å². The number of aromatic carboxylic acids is 1. The topological polar surface area (TPSA) is 96.2 Å². The molecule has 0 radical (unpaired) electrons. The van der Waals surface area contributed by atoms with Crippen molar-refractivity contribution >= 4 is 29.3 Å². The van der Waals surface area contributed by atoms with Crippen molar-refractivity contribution < 1.29 is 14.7 Å². The van der Waals surface area contributed by atoms with Gasteiger partial charge in [0.2, 0.25) is 0 Å². The molecule has 8 heteroatoms. The predicted octanol–water partition coefficient (Wildman–Crippen LogP) is 2.09. The third-order valence-corrected chi connectivity index (χ3v) is 2.98. The van der Waals surface area contributed by atoms with E-state index in [9.17, 15) is 9.59 Å². The molecule has 2 rings (SSSR count). The Bertz CT molecular complexity index is 684. The molecule has 0 saturated carbocycles. The van der Waals surface area contributed by atoms with Crippen molar-refractivity contribution in [1.82, 2.24) is 15.1 Å². The summed E-state index contributed by atoms with van der Waals surface area (Å²) in [6.45, 7) is 0.275. The lowest BCUT2D eigenvalue weighted by Crippen LogP contribution is -2.28. The van der Waals surface area contributed by atoms with Gasteiger partial charge in [-0.25, -0.2) is 9.59 Å². The number of hydrogen-bond acceptors (Lipinski definition) is 3. The average molecular weight is 309 g/mol. The Balaban J connectivity index is 1.94. The van der Waals surface area contributed by atoms with Gasteiger partial charge in [-0.1, -0.05) is 11.6 Å². The summed E-state index contributed by atoms with van der Waals surface area (Å²) in [5, 5.41) is 18.3. The van der Waals surface area contributed by atoms with Crippen LogP contribution in [0.4, 0.5) is 10.5 Å². The number of carboxylic acids is 1. The van der Waals surface area contributed by atoms with Crippen LogP contribution in [-0.4, -0.2) is 26.9 Å². The molecule has 0 saturated heterocycles. The van der Waals surface area contributed by atoms with Gasteiger partial charge in [0.25, 0.3) is 0 Å². The van der Waals surface area contributed by atoms with Gasteiger partial charge in [-0.15, -0.1) is 0 Å². The fraction of sp³-hybridized carbons (Fsp3) is 0.154. The minimum absolute atomic E-state index is 0.0550. The molecular weight excluding hydrogens is 296 g/mol. The van der Waals surface area contributed by atoms with E-state index in [1.165, 1.54) is 18.2 Å². The normalized spacial score (nSPS) is 10.2. The monoisotopic (exact) mass is 308 g/mol. The number of carbonyl (C=O) groups excluding carboxylic acids is 1. The summed E-state index contributed by atoms with van der Waals surface area (Å²) in [5.74, 6) is -1.08. The van der Waals surface area contributed by atoms with E-state index in [1.807, 2.05) is 0 Å². The van der Waals surface area contributed by atoms with Crippen molar-refractivity contribution in [3.8, 4) is 0 Å². The van der Waals surface area contributed by atoms with E-state index in [0.29, 0.717) is 5.69 Å². The number of rotatable bonds is 4. The van der Waals surface area contributed by atoms with Gasteiger partial charge in [-0.2, -0.15) is 5.10 Å². The van der Waals surface area contributed by atoms with Gasteiger partial charge >= 0.3 is 12.0 Å². The first-order valence-electron chi connectivity index (χ1n) is 6.02. The smallest absolute Gasteiger partial charge is 0.335 e. The van der Waals surface area contributed by atoms with E-state index in [4.69, 9.17) is 16.7 Å². The summed E-state index contributed by atoms with van der Waals surface area (Å²) in [5.41, 5.74) is 1.11. The van der Waals surface area contributed by atoms with Gasteiger partial charge in [-0.3, -0.25) is 4.68 Å². The van der Waals surface area contributed by atoms with Crippen LogP contribution in [0.15, 0.2) is 30.5 Å². The molecule has 1 aromatic heterocycles. The number of nitrogens with zero attached hydrogens (tertiary/aromatic N) is 2. The second kappa shape index (κ2) is 6.27. The first kappa shape index (κ1) is 14.9. The molecule has 0 bridgehead atoms. The second-order valence-corrected chi connectivity index (χ2v) is 4.70. The number of hydrogen-bond donors (Lipinski definition) is 3. The van der Waals surface area contributed by atoms with Gasteiger partial charge < -0.3 is 15.7 Å². The van der Waals surface area contributed by atoms with Crippen molar-refractivity contribution in [3.63, 3.8) is 0 Å². The minimum Gasteiger partial charge on any atom is -0.478 e. The Kier molecular flexibility index (Phi) is 4.44. The Morgan fingerprint density at radius 1 is 1.38 bits per heavy atom. The van der Waals surface area contributed by atoms with Crippen molar-refractivity contribution in [2.24, 2.45) is 7.05 Å². The van der Waals surface area contributed by atoms with E-state index in [2.05, 4.69) is 15.7 Å². The summed E-state index contributed by atoms with van der Waals surface area (Å²) in [6, 6.07) is 5.41. The molecule has 1 heterocycles. The molecule has 3 N–H and O–H groups in total. The molecule has 0 atom stereocenters. The zero-order valence-corrected chi connectivity index (χ0v) is 11.9. The number of aromatic nitrogens is 2. The van der Waals surface area contributed by atoms with E-state index in [1.54, 1.807) is 24.0 Å². The van der Waals surface area contributed by atoms with Crippen LogP contribution in [0.3, 0.4) is 0 Å². The minimum atomic E-state index is -1.08. The number of aryl methyl sites for hydroxylation is 1. The first-order valence-corrected chi connectivity index (χ1v) is 6.39. The highest BCUT2D eigenvalue weighted by Gasteiger charge is 2.09. The average Bonchev–Trinajstić information content (AvgIpc) is 2.84. The highest BCUT2D eigenvalue weighted by atomic mass is 35.5. The number of benzene rings is 1. The standard InChI is InChI=1S/C13H13ClN4O3/c1-18-5-4-9(17-18)7-15-13(21)16-11-3-2-8(12(19)20)6-10(11)14/h2-6H,7H2,1H3,(H,19,20)(H2,15,16,21). The number of carboxylic acid groups (broad SMARTS) is 1. The molecule has 0 fully saturated rings. The second-order valence-electron chi connectivity index (χ2n) is 4.29. The lowest BCUT2D eigenvalue weighted by molar-refractivity contribution is 0.0697. The van der Waals surface area contributed by atoms with Crippen LogP contribution in [-0.2, 0) is 13.6 Å². The number of amides is 2. The molecule has 21 heavy (non-hydrogen) atoms. The Labute approximate surface area is 125 Å². The van der Waals surface area contributed by atoms with E-state index in [0.717, 1.165) is 5.69 Å². The quantitative estimate of drug-likeness (QED) is 0.805. The lowest BCUT2D eigenvalue weighted by Gasteiger charge is -2.08. The highest BCUT2D eigenvalue weighted by Crippen LogP contribution is 2.22. The summed E-state index contributed by atoms with van der Waals surface area (Å²) in [6.07, 6.45) is 1.77. The third-order valence-electron chi connectivity index (χ3n) is 2.66. The molecule has 1 aromatic carbocycles. The largest absolute Gasteiger partial charge is 0.478 e. The van der Waals surface area contributed by atoms with E-state index >= 15 is 0 Å². The van der Waals surface area contributed by atoms with Crippen molar-refractivity contribution in [1.29, 1.82) is 0 Å². The third kappa shape index (κ3) is 3.96. The number of carbonyl (C=O) groups is 2. The van der Waals surface area contributed by atoms with Crippen LogP contribution in [0, 0.1) is 0 Å². The zero-order chi connectivity index (χ0) is 15.4. The Morgan fingerprint density at radius 3 is 2.71 bits per heavy atom. The summed E-state index contributed by atoms with van der Waals surface area (Å²) >= 11 is 5.92. The maximum absolute atomic E-state index is 11.7. The molecule has 7 nitrogen and oxygen atoms in total. The molecule has 0 aliphatic rings. The number of anilines is 1. The Hall–Kier alpha value is -2.54. The van der Waals surface area contributed by atoms with Crippen LogP contribution in [0.5, 0.6) is 0 Å². The highest BCUT2D eigenvalue weighted by molar-refractivity contribution is 6.34. The molecule has 2 aromatic rings. The molecule has 0 aliphatic heterocycles. The molecule has 0 aliphatic carbocycles. The maximum Gasteiger partial charge on any atom is 0.335 e. The van der Waals surface area contributed by atoms with Gasteiger partial charge in [0, 0.05) is 13.2 Å². The van der Waals surface area contributed by atoms with Crippen LogP contribution in [0.2, 0.25) is 5.02 Å². The van der Waals surface area contributed by atoms with Crippen molar-refractivity contribution in [3.05, 3.63) is 46.7 Å². The number of halogens is 1.